The number of hydrogen-bond acceptors (Lipinski definition) is 4. The van der Waals surface area contributed by atoms with E-state index in [-0.39, 0.29) is 12.4 Å². The Kier molecular flexibility index (Phi) is 2.60. The second kappa shape index (κ2) is 4.38. The molecule has 1 aromatic carbocycles. The normalized spacial score (nSPS) is 12.8. The van der Waals surface area contributed by atoms with Crippen LogP contribution in [0.3, 0.4) is 0 Å². The van der Waals surface area contributed by atoms with E-state index in [0.29, 0.717) is 28.4 Å². The third-order valence-electron chi connectivity index (χ3n) is 3.73. The summed E-state index contributed by atoms with van der Waals surface area (Å²) in [5.74, 6) is -0.134. The Morgan fingerprint density at radius 3 is 2.90 bits per heavy atom. The number of benzene rings is 1. The highest BCUT2D eigenvalue weighted by Crippen LogP contribution is 2.41. The fourth-order valence-corrected chi connectivity index (χ4v) is 3.08. The van der Waals surface area contributed by atoms with Crippen LogP contribution in [0.5, 0.6) is 0 Å². The van der Waals surface area contributed by atoms with Gasteiger partial charge in [0, 0.05) is 23.3 Å². The molecular weight excluding hydrogens is 290 g/mol. The number of nitrogens with zero attached hydrogens (tertiary/aromatic N) is 3. The molecule has 0 saturated heterocycles. The van der Waals surface area contributed by atoms with Crippen molar-refractivity contribution in [1.82, 2.24) is 14.8 Å². The first-order chi connectivity index (χ1) is 10.2. The van der Waals surface area contributed by atoms with Crippen molar-refractivity contribution >= 4 is 28.3 Å². The number of fused-ring (bicyclic) bond motifs is 2. The lowest BCUT2D eigenvalue weighted by Crippen LogP contribution is -2.10. The second-order valence-corrected chi connectivity index (χ2v) is 5.27. The van der Waals surface area contributed by atoms with Gasteiger partial charge < -0.3 is 5.11 Å². The van der Waals surface area contributed by atoms with Gasteiger partial charge in [-0.3, -0.25) is 14.5 Å². The predicted molar refractivity (Wildman–Crippen MR) is 78.5 cm³/mol. The van der Waals surface area contributed by atoms with Crippen LogP contribution in [-0.4, -0.2) is 32.3 Å². The number of halogens is 1. The van der Waals surface area contributed by atoms with Gasteiger partial charge in [0.2, 0.25) is 0 Å². The van der Waals surface area contributed by atoms with Crippen LogP contribution in [0.15, 0.2) is 30.6 Å². The number of ketones is 1. The van der Waals surface area contributed by atoms with Crippen molar-refractivity contribution in [3.8, 4) is 11.3 Å². The molecule has 0 atom stereocenters. The molecule has 3 aromatic rings. The minimum atomic E-state index is -0.134. The molecule has 0 fully saturated rings. The van der Waals surface area contributed by atoms with Crippen molar-refractivity contribution in [2.75, 3.05) is 6.61 Å². The Bertz CT molecular complexity index is 901. The molecule has 4 rings (SSSR count). The molecule has 1 aliphatic rings. The van der Waals surface area contributed by atoms with Gasteiger partial charge in [-0.2, -0.15) is 5.10 Å². The van der Waals surface area contributed by atoms with Gasteiger partial charge in [-0.1, -0.05) is 11.6 Å². The molecule has 6 heteroatoms. The van der Waals surface area contributed by atoms with Crippen LogP contribution in [0.4, 0.5) is 0 Å². The highest BCUT2D eigenvalue weighted by molar-refractivity contribution is 6.39. The Hall–Kier alpha value is -2.24. The zero-order valence-electron chi connectivity index (χ0n) is 10.9. The minimum Gasteiger partial charge on any atom is -0.394 e. The maximum atomic E-state index is 12.7. The largest absolute Gasteiger partial charge is 0.394 e. The zero-order chi connectivity index (χ0) is 14.6. The summed E-state index contributed by atoms with van der Waals surface area (Å²) in [5.41, 5.74) is 3.25. The van der Waals surface area contributed by atoms with Crippen molar-refractivity contribution in [2.24, 2.45) is 0 Å². The average Bonchev–Trinajstić information content (AvgIpc) is 2.85. The van der Waals surface area contributed by atoms with E-state index < -0.39 is 0 Å². The smallest absolute Gasteiger partial charge is 0.197 e. The zero-order valence-corrected chi connectivity index (χ0v) is 11.6. The average molecular weight is 300 g/mol. The van der Waals surface area contributed by atoms with Crippen molar-refractivity contribution in [2.45, 2.75) is 6.54 Å². The molecule has 1 N–H and O–H groups in total. The van der Waals surface area contributed by atoms with Crippen LogP contribution in [-0.2, 0) is 6.54 Å². The number of aromatic nitrogens is 3. The molecule has 0 bridgehead atoms. The molecule has 1 aliphatic carbocycles. The number of carbonyl (C=O) groups is 1. The number of aliphatic hydroxyl groups excluding tert-OH is 1. The summed E-state index contributed by atoms with van der Waals surface area (Å²) in [6, 6.07) is 5.30. The number of carbonyl (C=O) groups excluding carboxylic acids is 1. The van der Waals surface area contributed by atoms with Crippen LogP contribution < -0.4 is 0 Å². The molecule has 0 amide bonds. The number of hydrogen-bond donors (Lipinski definition) is 1. The lowest BCUT2D eigenvalue weighted by molar-refractivity contribution is 0.104. The van der Waals surface area contributed by atoms with Crippen LogP contribution in [0.25, 0.3) is 22.2 Å². The van der Waals surface area contributed by atoms with E-state index >= 15 is 0 Å². The van der Waals surface area contributed by atoms with Gasteiger partial charge in [-0.15, -0.1) is 0 Å². The Morgan fingerprint density at radius 1 is 1.24 bits per heavy atom. The number of rotatable bonds is 2. The number of pyridine rings is 1. The molecule has 0 radical (unpaired) electrons. The first-order valence-electron chi connectivity index (χ1n) is 6.51. The maximum Gasteiger partial charge on any atom is 0.197 e. The van der Waals surface area contributed by atoms with E-state index in [0.717, 1.165) is 16.5 Å². The lowest BCUT2D eigenvalue weighted by atomic mass is 9.89. The van der Waals surface area contributed by atoms with Gasteiger partial charge in [0.1, 0.15) is 5.69 Å². The van der Waals surface area contributed by atoms with Gasteiger partial charge >= 0.3 is 0 Å². The summed E-state index contributed by atoms with van der Waals surface area (Å²) in [7, 11) is 0. The van der Waals surface area contributed by atoms with Gasteiger partial charge in [-0.25, -0.2) is 0 Å². The van der Waals surface area contributed by atoms with Crippen molar-refractivity contribution in [3.63, 3.8) is 0 Å². The van der Waals surface area contributed by atoms with Gasteiger partial charge in [0.05, 0.1) is 34.8 Å². The third kappa shape index (κ3) is 1.58. The van der Waals surface area contributed by atoms with Crippen LogP contribution in [0.1, 0.15) is 15.9 Å². The SMILES string of the molecule is O=C1c2cnccc2-c2nn(CCO)c3ccc(Cl)c1c23. The van der Waals surface area contributed by atoms with Crippen LogP contribution in [0.2, 0.25) is 5.02 Å². The fourth-order valence-electron chi connectivity index (χ4n) is 2.84. The lowest BCUT2D eigenvalue weighted by Gasteiger charge is -2.14. The molecule has 0 saturated carbocycles. The summed E-state index contributed by atoms with van der Waals surface area (Å²) in [6.45, 7) is 0.345. The topological polar surface area (TPSA) is 68.0 Å². The Morgan fingerprint density at radius 2 is 2.10 bits per heavy atom. The molecule has 0 unspecified atom stereocenters. The second-order valence-electron chi connectivity index (χ2n) is 4.86. The Balaban J connectivity index is 2.18. The van der Waals surface area contributed by atoms with E-state index in [2.05, 4.69) is 10.1 Å². The van der Waals surface area contributed by atoms with Crippen molar-refractivity contribution in [1.29, 1.82) is 0 Å². The predicted octanol–water partition coefficient (Wildman–Crippen LogP) is 2.29. The molecule has 2 aromatic heterocycles. The van der Waals surface area contributed by atoms with Crippen molar-refractivity contribution in [3.05, 3.63) is 46.7 Å². The maximum absolute atomic E-state index is 12.7. The molecule has 0 aliphatic heterocycles. The minimum absolute atomic E-state index is 0.0225. The third-order valence-corrected chi connectivity index (χ3v) is 4.04. The van der Waals surface area contributed by atoms with E-state index in [1.165, 1.54) is 0 Å². The Labute approximate surface area is 124 Å². The first-order valence-corrected chi connectivity index (χ1v) is 6.89. The standard InChI is InChI=1S/C15H10ClN3O2/c16-10-1-2-11-13-12(10)15(21)9-7-17-4-3-8(9)14(13)18-19(11)5-6-20/h1-4,7,20H,5-6H2. The molecule has 104 valence electrons. The van der Waals surface area contributed by atoms with Crippen molar-refractivity contribution < 1.29 is 9.90 Å². The fraction of sp³-hybridized carbons (Fsp3) is 0.133. The highest BCUT2D eigenvalue weighted by Gasteiger charge is 2.30. The van der Waals surface area contributed by atoms with E-state index in [9.17, 15) is 9.90 Å². The van der Waals surface area contributed by atoms with Crippen LogP contribution in [0, 0.1) is 0 Å². The summed E-state index contributed by atoms with van der Waals surface area (Å²) < 4.78 is 1.70. The molecule has 5 nitrogen and oxygen atoms in total. The van der Waals surface area contributed by atoms with Gasteiger partial charge in [0.25, 0.3) is 0 Å². The summed E-state index contributed by atoms with van der Waals surface area (Å²) in [5, 5.41) is 14.9. The molecule has 21 heavy (non-hydrogen) atoms. The summed E-state index contributed by atoms with van der Waals surface area (Å²) in [4.78, 5) is 16.7. The molecule has 0 spiro atoms. The quantitative estimate of drug-likeness (QED) is 0.616. The number of aliphatic hydroxyl groups is 1. The highest BCUT2D eigenvalue weighted by atomic mass is 35.5. The van der Waals surface area contributed by atoms with Gasteiger partial charge in [-0.05, 0) is 18.2 Å². The molecular formula is C15H10ClN3O2. The first kappa shape index (κ1) is 12.5. The monoisotopic (exact) mass is 299 g/mol. The van der Waals surface area contributed by atoms with E-state index in [1.54, 1.807) is 29.2 Å². The van der Waals surface area contributed by atoms with Gasteiger partial charge in [0.15, 0.2) is 5.78 Å². The molecule has 2 heterocycles. The summed E-state index contributed by atoms with van der Waals surface area (Å²) in [6.07, 6.45) is 3.18. The van der Waals surface area contributed by atoms with E-state index in [1.807, 2.05) is 6.07 Å². The summed E-state index contributed by atoms with van der Waals surface area (Å²) >= 11 is 6.23. The van der Waals surface area contributed by atoms with E-state index in [4.69, 9.17) is 11.6 Å². The van der Waals surface area contributed by atoms with Crippen LogP contribution >= 0.6 is 11.6 Å².